The third-order valence-corrected chi connectivity index (χ3v) is 5.71. The van der Waals surface area contributed by atoms with Crippen molar-refractivity contribution in [3.8, 4) is 0 Å². The monoisotopic (exact) mass is 375 g/mol. The molecule has 27 heavy (non-hydrogen) atoms. The Morgan fingerprint density at radius 3 is 2.37 bits per heavy atom. The molecule has 2 N–H and O–H groups in total. The highest BCUT2D eigenvalue weighted by Gasteiger charge is 2.25. The summed E-state index contributed by atoms with van der Waals surface area (Å²) in [5, 5.41) is 6.08. The first kappa shape index (κ1) is 19.8. The molecule has 2 amide bonds. The molecule has 0 aromatic heterocycles. The summed E-state index contributed by atoms with van der Waals surface area (Å²) >= 11 is 0. The molecule has 0 atom stereocenters. The topological polar surface area (TPSA) is 61.4 Å². The minimum Gasteiger partial charge on any atom is -0.353 e. The van der Waals surface area contributed by atoms with Crippen LogP contribution in [-0.4, -0.2) is 42.4 Å². The van der Waals surface area contributed by atoms with Gasteiger partial charge in [-0.2, -0.15) is 0 Å². The van der Waals surface area contributed by atoms with Crippen LogP contribution in [-0.2, 0) is 16.1 Å². The minimum absolute atomic E-state index is 0.0222. The molecule has 6 heteroatoms. The van der Waals surface area contributed by atoms with E-state index in [4.69, 9.17) is 0 Å². The zero-order valence-electron chi connectivity index (χ0n) is 15.9. The van der Waals surface area contributed by atoms with Crippen LogP contribution in [0, 0.1) is 11.7 Å². The smallest absolute Gasteiger partial charge is 0.223 e. The molecule has 1 heterocycles. The lowest BCUT2D eigenvalue weighted by atomic mass is 9.95. The average Bonchev–Trinajstić information content (AvgIpc) is 3.19. The molecule has 5 nitrogen and oxygen atoms in total. The van der Waals surface area contributed by atoms with Gasteiger partial charge in [0.05, 0.1) is 0 Å². The van der Waals surface area contributed by atoms with Gasteiger partial charge in [0.1, 0.15) is 5.82 Å². The van der Waals surface area contributed by atoms with E-state index in [9.17, 15) is 14.0 Å². The van der Waals surface area contributed by atoms with Crippen LogP contribution in [0.4, 0.5) is 4.39 Å². The first-order valence-electron chi connectivity index (χ1n) is 10.1. The first-order valence-corrected chi connectivity index (χ1v) is 10.1. The van der Waals surface area contributed by atoms with E-state index < -0.39 is 0 Å². The van der Waals surface area contributed by atoms with Crippen LogP contribution < -0.4 is 10.6 Å². The van der Waals surface area contributed by atoms with Crippen LogP contribution >= 0.6 is 0 Å². The quantitative estimate of drug-likeness (QED) is 0.770. The molecular weight excluding hydrogens is 345 g/mol. The fraction of sp³-hybridized carbons (Fsp3) is 0.619. The Morgan fingerprint density at radius 2 is 1.70 bits per heavy atom. The SMILES string of the molecule is O=C(CCN1CCC(C(=O)NCc2ccc(F)cc2)CC1)NC1CCCC1. The van der Waals surface area contributed by atoms with Gasteiger partial charge in [0, 0.05) is 31.5 Å². The molecule has 2 fully saturated rings. The second-order valence-corrected chi connectivity index (χ2v) is 7.76. The van der Waals surface area contributed by atoms with Crippen molar-refractivity contribution in [2.45, 2.75) is 57.5 Å². The fourth-order valence-electron chi connectivity index (χ4n) is 3.98. The normalized spacial score (nSPS) is 19.1. The van der Waals surface area contributed by atoms with E-state index in [0.717, 1.165) is 50.9 Å². The third kappa shape index (κ3) is 6.31. The lowest BCUT2D eigenvalue weighted by Gasteiger charge is -2.31. The highest BCUT2D eigenvalue weighted by Crippen LogP contribution is 2.19. The predicted octanol–water partition coefficient (Wildman–Crippen LogP) is 2.60. The van der Waals surface area contributed by atoms with E-state index >= 15 is 0 Å². The fourth-order valence-corrected chi connectivity index (χ4v) is 3.98. The van der Waals surface area contributed by atoms with Gasteiger partial charge in [-0.3, -0.25) is 9.59 Å². The standard InChI is InChI=1S/C21H30FN3O2/c22-18-7-5-16(6-8-18)15-23-21(27)17-9-12-25(13-10-17)14-11-20(26)24-19-3-1-2-4-19/h5-8,17,19H,1-4,9-15H2,(H,23,27)(H,24,26). The molecule has 148 valence electrons. The van der Waals surface area contributed by atoms with Crippen LogP contribution in [0.15, 0.2) is 24.3 Å². The van der Waals surface area contributed by atoms with Gasteiger partial charge in [-0.25, -0.2) is 4.39 Å². The van der Waals surface area contributed by atoms with Crippen LogP contribution in [0.5, 0.6) is 0 Å². The molecular formula is C21H30FN3O2. The van der Waals surface area contributed by atoms with Crippen LogP contribution in [0.2, 0.25) is 0 Å². The maximum absolute atomic E-state index is 12.9. The van der Waals surface area contributed by atoms with Crippen molar-refractivity contribution in [2.24, 2.45) is 5.92 Å². The lowest BCUT2D eigenvalue weighted by Crippen LogP contribution is -2.42. The van der Waals surface area contributed by atoms with Crippen molar-refractivity contribution >= 4 is 11.8 Å². The number of benzene rings is 1. The Labute approximate surface area is 160 Å². The molecule has 1 aromatic carbocycles. The molecule has 1 saturated carbocycles. The Bertz CT molecular complexity index is 621. The van der Waals surface area contributed by atoms with E-state index in [-0.39, 0.29) is 23.5 Å². The maximum atomic E-state index is 12.9. The Balaban J connectivity index is 1.31. The summed E-state index contributed by atoms with van der Waals surface area (Å²) in [7, 11) is 0. The van der Waals surface area contributed by atoms with Crippen molar-refractivity contribution in [1.82, 2.24) is 15.5 Å². The highest BCUT2D eigenvalue weighted by molar-refractivity contribution is 5.78. The van der Waals surface area contributed by atoms with Crippen molar-refractivity contribution in [2.75, 3.05) is 19.6 Å². The van der Waals surface area contributed by atoms with Gasteiger partial charge in [-0.05, 0) is 56.5 Å². The van der Waals surface area contributed by atoms with Gasteiger partial charge >= 0.3 is 0 Å². The van der Waals surface area contributed by atoms with E-state index in [2.05, 4.69) is 15.5 Å². The molecule has 1 saturated heterocycles. The molecule has 0 bridgehead atoms. The van der Waals surface area contributed by atoms with Gasteiger partial charge in [-0.15, -0.1) is 0 Å². The van der Waals surface area contributed by atoms with Crippen LogP contribution in [0.1, 0.15) is 50.5 Å². The molecule has 1 aliphatic carbocycles. The number of hydrogen-bond donors (Lipinski definition) is 2. The number of carbonyl (C=O) groups excluding carboxylic acids is 2. The molecule has 1 aromatic rings. The first-order chi connectivity index (χ1) is 13.1. The number of hydrogen-bond acceptors (Lipinski definition) is 3. The number of piperidine rings is 1. The van der Waals surface area contributed by atoms with E-state index in [0.29, 0.717) is 19.0 Å². The number of amides is 2. The molecule has 3 rings (SSSR count). The predicted molar refractivity (Wildman–Crippen MR) is 102 cm³/mol. The van der Waals surface area contributed by atoms with Gasteiger partial charge in [0.2, 0.25) is 11.8 Å². The second kappa shape index (κ2) is 9.83. The van der Waals surface area contributed by atoms with Gasteiger partial charge in [0.15, 0.2) is 0 Å². The largest absolute Gasteiger partial charge is 0.353 e. The zero-order chi connectivity index (χ0) is 19.1. The van der Waals surface area contributed by atoms with E-state index in [1.165, 1.54) is 25.0 Å². The summed E-state index contributed by atoms with van der Waals surface area (Å²) in [5.74, 6) is -0.0256. The van der Waals surface area contributed by atoms with Gasteiger partial charge in [-0.1, -0.05) is 25.0 Å². The molecule has 1 aliphatic heterocycles. The van der Waals surface area contributed by atoms with E-state index in [1.54, 1.807) is 12.1 Å². The number of carbonyl (C=O) groups is 2. The van der Waals surface area contributed by atoms with Crippen molar-refractivity contribution in [1.29, 1.82) is 0 Å². The number of likely N-dealkylation sites (tertiary alicyclic amines) is 1. The Morgan fingerprint density at radius 1 is 1.04 bits per heavy atom. The zero-order valence-corrected chi connectivity index (χ0v) is 15.9. The molecule has 2 aliphatic rings. The van der Waals surface area contributed by atoms with Crippen LogP contribution in [0.3, 0.4) is 0 Å². The van der Waals surface area contributed by atoms with Crippen molar-refractivity contribution in [3.63, 3.8) is 0 Å². The number of nitrogens with one attached hydrogen (secondary N) is 2. The summed E-state index contributed by atoms with van der Waals surface area (Å²) in [6, 6.07) is 6.57. The molecule has 0 radical (unpaired) electrons. The third-order valence-electron chi connectivity index (χ3n) is 5.71. The minimum atomic E-state index is -0.269. The summed E-state index contributed by atoms with van der Waals surface area (Å²) < 4.78 is 12.9. The Hall–Kier alpha value is -1.95. The lowest BCUT2D eigenvalue weighted by molar-refractivity contribution is -0.127. The molecule has 0 spiro atoms. The summed E-state index contributed by atoms with van der Waals surface area (Å²) in [6.07, 6.45) is 6.86. The highest BCUT2D eigenvalue weighted by atomic mass is 19.1. The number of nitrogens with zero attached hydrogens (tertiary/aromatic N) is 1. The van der Waals surface area contributed by atoms with Crippen LogP contribution in [0.25, 0.3) is 0 Å². The molecule has 0 unspecified atom stereocenters. The number of rotatable bonds is 7. The van der Waals surface area contributed by atoms with E-state index in [1.807, 2.05) is 0 Å². The maximum Gasteiger partial charge on any atom is 0.223 e. The Kier molecular flexibility index (Phi) is 7.21. The number of halogens is 1. The summed E-state index contributed by atoms with van der Waals surface area (Å²) in [6.45, 7) is 2.90. The summed E-state index contributed by atoms with van der Waals surface area (Å²) in [5.41, 5.74) is 0.899. The second-order valence-electron chi connectivity index (χ2n) is 7.76. The van der Waals surface area contributed by atoms with Gasteiger partial charge < -0.3 is 15.5 Å². The summed E-state index contributed by atoms with van der Waals surface area (Å²) in [4.78, 5) is 26.6. The van der Waals surface area contributed by atoms with Crippen molar-refractivity contribution in [3.05, 3.63) is 35.6 Å². The van der Waals surface area contributed by atoms with Crippen molar-refractivity contribution < 1.29 is 14.0 Å². The van der Waals surface area contributed by atoms with Gasteiger partial charge in [0.25, 0.3) is 0 Å². The average molecular weight is 375 g/mol.